The molecule has 1 rings (SSSR count). The summed E-state index contributed by atoms with van der Waals surface area (Å²) in [5.74, 6) is 1.51. The number of hydrogen-bond donors (Lipinski definition) is 1. The highest BCUT2D eigenvalue weighted by molar-refractivity contribution is 5.52. The van der Waals surface area contributed by atoms with Crippen molar-refractivity contribution in [1.29, 1.82) is 0 Å². The smallest absolute Gasteiger partial charge is 0.171 e. The Labute approximate surface area is 108 Å². The van der Waals surface area contributed by atoms with Gasteiger partial charge in [0.25, 0.3) is 0 Å². The molecule has 1 N–H and O–H groups in total. The maximum absolute atomic E-state index is 9.11. The molecule has 0 aromatic carbocycles. The summed E-state index contributed by atoms with van der Waals surface area (Å²) < 4.78 is 10.7. The number of rotatable bonds is 9. The number of nitrogens with zero attached hydrogens (tertiary/aromatic N) is 2. The molecule has 5 nitrogen and oxygen atoms in total. The fraction of sp³-hybridized carbons (Fsp3) is 0.615. The molecule has 18 heavy (non-hydrogen) atoms. The standard InChI is InChI=1S/C13H22N2O3/c1-3-10-18-12-5-4-6-14-13(12)15(7-9-16)8-11-17-2/h4-6,16H,3,7-11H2,1-2H3. The molecule has 0 bridgehead atoms. The van der Waals surface area contributed by atoms with Crippen LogP contribution in [0, 0.1) is 0 Å². The number of aliphatic hydroxyl groups is 1. The highest BCUT2D eigenvalue weighted by atomic mass is 16.5. The first-order valence-electron chi connectivity index (χ1n) is 6.26. The summed E-state index contributed by atoms with van der Waals surface area (Å²) in [5, 5.41) is 9.11. The molecule has 0 fully saturated rings. The summed E-state index contributed by atoms with van der Waals surface area (Å²) in [6, 6.07) is 3.75. The molecule has 1 aromatic rings. The van der Waals surface area contributed by atoms with Crippen LogP contribution in [0.3, 0.4) is 0 Å². The lowest BCUT2D eigenvalue weighted by molar-refractivity contribution is 0.202. The van der Waals surface area contributed by atoms with Gasteiger partial charge in [0.1, 0.15) is 0 Å². The average molecular weight is 254 g/mol. The lowest BCUT2D eigenvalue weighted by atomic mass is 10.3. The van der Waals surface area contributed by atoms with Gasteiger partial charge in [-0.2, -0.15) is 0 Å². The molecule has 1 aromatic heterocycles. The maximum Gasteiger partial charge on any atom is 0.171 e. The van der Waals surface area contributed by atoms with E-state index in [4.69, 9.17) is 14.6 Å². The lowest BCUT2D eigenvalue weighted by Crippen LogP contribution is -2.31. The molecule has 0 aliphatic heterocycles. The van der Waals surface area contributed by atoms with Gasteiger partial charge >= 0.3 is 0 Å². The van der Waals surface area contributed by atoms with E-state index in [9.17, 15) is 0 Å². The lowest BCUT2D eigenvalue weighted by Gasteiger charge is -2.24. The van der Waals surface area contributed by atoms with Crippen molar-refractivity contribution in [1.82, 2.24) is 4.98 Å². The van der Waals surface area contributed by atoms with E-state index in [1.165, 1.54) is 0 Å². The Bertz CT molecular complexity index is 334. The monoisotopic (exact) mass is 254 g/mol. The molecule has 0 atom stereocenters. The van der Waals surface area contributed by atoms with Crippen LogP contribution in [0.15, 0.2) is 18.3 Å². The third-order valence-corrected chi connectivity index (χ3v) is 2.45. The third-order valence-electron chi connectivity index (χ3n) is 2.45. The molecule has 0 aliphatic rings. The van der Waals surface area contributed by atoms with Crippen LogP contribution < -0.4 is 9.64 Å². The number of aromatic nitrogens is 1. The first-order valence-corrected chi connectivity index (χ1v) is 6.26. The predicted molar refractivity (Wildman–Crippen MR) is 71.2 cm³/mol. The minimum Gasteiger partial charge on any atom is -0.490 e. The number of methoxy groups -OCH3 is 1. The first kappa shape index (κ1) is 14.7. The zero-order chi connectivity index (χ0) is 13.2. The Morgan fingerprint density at radius 1 is 1.33 bits per heavy atom. The molecule has 0 amide bonds. The van der Waals surface area contributed by atoms with Gasteiger partial charge in [0.05, 0.1) is 19.8 Å². The predicted octanol–water partition coefficient (Wildman–Crippen LogP) is 1.32. The number of anilines is 1. The van der Waals surface area contributed by atoms with Crippen LogP contribution >= 0.6 is 0 Å². The Balaban J connectivity index is 2.80. The van der Waals surface area contributed by atoms with E-state index < -0.39 is 0 Å². The van der Waals surface area contributed by atoms with Crippen LogP contribution in [0.1, 0.15) is 13.3 Å². The summed E-state index contributed by atoms with van der Waals surface area (Å²) in [5.41, 5.74) is 0. The Kier molecular flexibility index (Phi) is 7.13. The normalized spacial score (nSPS) is 10.4. The minimum absolute atomic E-state index is 0.0769. The second-order valence-electron chi connectivity index (χ2n) is 3.88. The summed E-state index contributed by atoms with van der Waals surface area (Å²) in [6.45, 7) is 4.58. The maximum atomic E-state index is 9.11. The van der Waals surface area contributed by atoms with E-state index in [0.717, 1.165) is 18.0 Å². The average Bonchev–Trinajstić information content (AvgIpc) is 2.41. The van der Waals surface area contributed by atoms with E-state index in [2.05, 4.69) is 11.9 Å². The van der Waals surface area contributed by atoms with E-state index in [0.29, 0.717) is 26.3 Å². The number of aliphatic hydroxyl groups excluding tert-OH is 1. The summed E-state index contributed by atoms with van der Waals surface area (Å²) in [6.07, 6.45) is 2.68. The minimum atomic E-state index is 0.0769. The highest BCUT2D eigenvalue weighted by Crippen LogP contribution is 2.25. The molecule has 5 heteroatoms. The van der Waals surface area contributed by atoms with Gasteiger partial charge in [0, 0.05) is 26.4 Å². The Morgan fingerprint density at radius 3 is 2.83 bits per heavy atom. The molecule has 0 saturated heterocycles. The van der Waals surface area contributed by atoms with Crippen molar-refractivity contribution in [2.45, 2.75) is 13.3 Å². The van der Waals surface area contributed by atoms with Gasteiger partial charge in [-0.1, -0.05) is 6.92 Å². The van der Waals surface area contributed by atoms with Crippen molar-refractivity contribution in [2.24, 2.45) is 0 Å². The quantitative estimate of drug-likeness (QED) is 0.720. The second-order valence-corrected chi connectivity index (χ2v) is 3.88. The van der Waals surface area contributed by atoms with Crippen LogP contribution in [0.25, 0.3) is 0 Å². The molecule has 0 unspecified atom stereocenters. The van der Waals surface area contributed by atoms with Crippen LogP contribution in [0.4, 0.5) is 5.82 Å². The van der Waals surface area contributed by atoms with E-state index in [1.54, 1.807) is 13.3 Å². The molecule has 0 saturated carbocycles. The van der Waals surface area contributed by atoms with Crippen molar-refractivity contribution < 1.29 is 14.6 Å². The zero-order valence-corrected chi connectivity index (χ0v) is 11.1. The highest BCUT2D eigenvalue weighted by Gasteiger charge is 2.12. The molecule has 102 valence electrons. The second kappa shape index (κ2) is 8.72. The number of hydrogen-bond acceptors (Lipinski definition) is 5. The molecule has 1 heterocycles. The van der Waals surface area contributed by atoms with Gasteiger partial charge in [0.15, 0.2) is 11.6 Å². The van der Waals surface area contributed by atoms with Crippen molar-refractivity contribution in [3.05, 3.63) is 18.3 Å². The van der Waals surface area contributed by atoms with E-state index in [-0.39, 0.29) is 6.61 Å². The van der Waals surface area contributed by atoms with Gasteiger partial charge in [0.2, 0.25) is 0 Å². The van der Waals surface area contributed by atoms with Gasteiger partial charge < -0.3 is 19.5 Å². The van der Waals surface area contributed by atoms with Crippen LogP contribution in [-0.4, -0.2) is 50.1 Å². The Morgan fingerprint density at radius 2 is 2.17 bits per heavy atom. The first-order chi connectivity index (χ1) is 8.83. The summed E-state index contributed by atoms with van der Waals surface area (Å²) in [4.78, 5) is 6.30. The number of pyridine rings is 1. The fourth-order valence-electron chi connectivity index (χ4n) is 1.59. The third kappa shape index (κ3) is 4.50. The molecule has 0 aliphatic carbocycles. The Hall–Kier alpha value is -1.33. The van der Waals surface area contributed by atoms with Crippen molar-refractivity contribution in [3.63, 3.8) is 0 Å². The van der Waals surface area contributed by atoms with Gasteiger partial charge in [-0.25, -0.2) is 4.98 Å². The molecule has 0 spiro atoms. The molecular formula is C13H22N2O3. The summed E-state index contributed by atoms with van der Waals surface area (Å²) in [7, 11) is 1.66. The van der Waals surface area contributed by atoms with Gasteiger partial charge in [-0.05, 0) is 18.6 Å². The van der Waals surface area contributed by atoms with E-state index in [1.807, 2.05) is 17.0 Å². The van der Waals surface area contributed by atoms with Crippen LogP contribution in [-0.2, 0) is 4.74 Å². The van der Waals surface area contributed by atoms with Crippen molar-refractivity contribution in [2.75, 3.05) is 44.9 Å². The van der Waals surface area contributed by atoms with Crippen molar-refractivity contribution >= 4 is 5.82 Å². The van der Waals surface area contributed by atoms with Gasteiger partial charge in [-0.3, -0.25) is 0 Å². The van der Waals surface area contributed by atoms with E-state index >= 15 is 0 Å². The molecular weight excluding hydrogens is 232 g/mol. The SMILES string of the molecule is CCCOc1cccnc1N(CCO)CCOC. The number of ether oxygens (including phenoxy) is 2. The van der Waals surface area contributed by atoms with Gasteiger partial charge in [-0.15, -0.1) is 0 Å². The summed E-state index contributed by atoms with van der Waals surface area (Å²) >= 11 is 0. The van der Waals surface area contributed by atoms with Crippen LogP contribution in [0.2, 0.25) is 0 Å². The zero-order valence-electron chi connectivity index (χ0n) is 11.1. The molecule has 0 radical (unpaired) electrons. The topological polar surface area (TPSA) is 54.8 Å². The fourth-order valence-corrected chi connectivity index (χ4v) is 1.59. The van der Waals surface area contributed by atoms with Crippen molar-refractivity contribution in [3.8, 4) is 5.75 Å². The van der Waals surface area contributed by atoms with Crippen LogP contribution in [0.5, 0.6) is 5.75 Å². The largest absolute Gasteiger partial charge is 0.490 e.